The fourth-order valence-corrected chi connectivity index (χ4v) is 3.66. The molecule has 0 unspecified atom stereocenters. The lowest BCUT2D eigenvalue weighted by atomic mass is 10.1. The molecule has 1 aliphatic rings. The zero-order valence-electron chi connectivity index (χ0n) is 15.4. The summed E-state index contributed by atoms with van der Waals surface area (Å²) in [5.74, 6) is -0.0482. The van der Waals surface area contributed by atoms with Crippen LogP contribution in [-0.2, 0) is 11.3 Å². The molecule has 1 aromatic heterocycles. The Hall–Kier alpha value is -2.02. The van der Waals surface area contributed by atoms with Gasteiger partial charge in [0.15, 0.2) is 0 Å². The number of thiophene rings is 1. The number of hydrogen-bond acceptors (Lipinski definition) is 5. The lowest BCUT2D eigenvalue weighted by molar-refractivity contribution is -0.122. The highest BCUT2D eigenvalue weighted by atomic mass is 32.1. The maximum Gasteiger partial charge on any atom is 0.254 e. The Morgan fingerprint density at radius 1 is 1.12 bits per heavy atom. The van der Waals surface area contributed by atoms with Crippen LogP contribution in [0.5, 0.6) is 0 Å². The average molecular weight is 371 g/mol. The molecule has 1 amide bonds. The van der Waals surface area contributed by atoms with Crippen molar-refractivity contribution in [2.75, 3.05) is 32.7 Å². The van der Waals surface area contributed by atoms with Gasteiger partial charge in [-0.05, 0) is 30.9 Å². The summed E-state index contributed by atoms with van der Waals surface area (Å²) in [6, 6.07) is 12.7. The first-order valence-electron chi connectivity index (χ1n) is 8.97. The number of aryl methyl sites for hydroxylation is 1. The van der Waals surface area contributed by atoms with Crippen LogP contribution < -0.4 is 5.43 Å². The SMILES string of the molecule is C/C(=N/NC(=O)CN1CCN(Cc2ccc(C)cc2)CC1)c1cccs1. The van der Waals surface area contributed by atoms with Crippen LogP contribution in [-0.4, -0.2) is 54.1 Å². The molecule has 6 heteroatoms. The highest BCUT2D eigenvalue weighted by molar-refractivity contribution is 7.12. The topological polar surface area (TPSA) is 47.9 Å². The van der Waals surface area contributed by atoms with E-state index in [1.54, 1.807) is 11.3 Å². The second kappa shape index (κ2) is 9.07. The van der Waals surface area contributed by atoms with Crippen LogP contribution in [0.15, 0.2) is 46.9 Å². The van der Waals surface area contributed by atoms with Crippen LogP contribution in [0, 0.1) is 6.92 Å². The Balaban J connectivity index is 1.40. The molecule has 0 saturated carbocycles. The molecular weight excluding hydrogens is 344 g/mol. The molecule has 3 rings (SSSR count). The van der Waals surface area contributed by atoms with Crippen LogP contribution >= 0.6 is 11.3 Å². The second-order valence-corrected chi connectivity index (χ2v) is 7.70. The van der Waals surface area contributed by atoms with Crippen molar-refractivity contribution in [1.82, 2.24) is 15.2 Å². The van der Waals surface area contributed by atoms with Gasteiger partial charge in [0.2, 0.25) is 0 Å². The molecule has 26 heavy (non-hydrogen) atoms. The maximum absolute atomic E-state index is 12.1. The molecule has 0 aliphatic carbocycles. The van der Waals surface area contributed by atoms with Gasteiger partial charge in [-0.2, -0.15) is 5.10 Å². The van der Waals surface area contributed by atoms with Gasteiger partial charge in [0.25, 0.3) is 5.91 Å². The molecule has 0 bridgehead atoms. The number of nitrogens with zero attached hydrogens (tertiary/aromatic N) is 3. The van der Waals surface area contributed by atoms with Crippen molar-refractivity contribution in [1.29, 1.82) is 0 Å². The first-order valence-corrected chi connectivity index (χ1v) is 9.85. The fraction of sp³-hybridized carbons (Fsp3) is 0.400. The van der Waals surface area contributed by atoms with Crippen molar-refractivity contribution in [2.45, 2.75) is 20.4 Å². The summed E-state index contributed by atoms with van der Waals surface area (Å²) >= 11 is 1.62. The molecule has 1 saturated heterocycles. The number of piperazine rings is 1. The number of carbonyl (C=O) groups excluding carboxylic acids is 1. The highest BCUT2D eigenvalue weighted by Gasteiger charge is 2.19. The molecule has 2 heterocycles. The van der Waals surface area contributed by atoms with E-state index in [0.717, 1.165) is 43.3 Å². The Bertz CT molecular complexity index is 732. The first kappa shape index (κ1) is 18.8. The molecule has 0 spiro atoms. The normalized spacial score (nSPS) is 16.6. The van der Waals surface area contributed by atoms with Crippen LogP contribution in [0.3, 0.4) is 0 Å². The standard InChI is InChI=1S/C20H26N4OS/c1-16-5-7-18(8-6-16)14-23-9-11-24(12-10-23)15-20(25)22-21-17(2)19-4-3-13-26-19/h3-8,13H,9-12,14-15H2,1-2H3,(H,22,25)/b21-17-. The summed E-state index contributed by atoms with van der Waals surface area (Å²) in [6.07, 6.45) is 0. The van der Waals surface area contributed by atoms with E-state index < -0.39 is 0 Å². The van der Waals surface area contributed by atoms with Crippen LogP contribution in [0.4, 0.5) is 0 Å². The number of nitrogens with one attached hydrogen (secondary N) is 1. The van der Waals surface area contributed by atoms with E-state index >= 15 is 0 Å². The van der Waals surface area contributed by atoms with Crippen LogP contribution in [0.1, 0.15) is 22.9 Å². The molecule has 1 N–H and O–H groups in total. The van der Waals surface area contributed by atoms with Crippen molar-refractivity contribution >= 4 is 23.0 Å². The van der Waals surface area contributed by atoms with E-state index in [0.29, 0.717) is 6.54 Å². The molecule has 0 atom stereocenters. The van der Waals surface area contributed by atoms with Gasteiger partial charge in [-0.15, -0.1) is 11.3 Å². The first-order chi connectivity index (χ1) is 12.6. The molecular formula is C20H26N4OS. The van der Waals surface area contributed by atoms with Gasteiger partial charge >= 0.3 is 0 Å². The lowest BCUT2D eigenvalue weighted by Crippen LogP contribution is -2.48. The number of rotatable bonds is 6. The summed E-state index contributed by atoms with van der Waals surface area (Å²) in [4.78, 5) is 17.8. The molecule has 1 aromatic carbocycles. The van der Waals surface area contributed by atoms with Gasteiger partial charge in [-0.25, -0.2) is 5.43 Å². The summed E-state index contributed by atoms with van der Waals surface area (Å²) in [7, 11) is 0. The van der Waals surface area contributed by atoms with Gasteiger partial charge in [-0.1, -0.05) is 35.9 Å². The largest absolute Gasteiger partial charge is 0.297 e. The van der Waals surface area contributed by atoms with Crippen molar-refractivity contribution in [3.63, 3.8) is 0 Å². The molecule has 1 aliphatic heterocycles. The van der Waals surface area contributed by atoms with E-state index in [9.17, 15) is 4.79 Å². The van der Waals surface area contributed by atoms with E-state index in [-0.39, 0.29) is 5.91 Å². The Kier molecular flexibility index (Phi) is 6.55. The van der Waals surface area contributed by atoms with Gasteiger partial charge in [-0.3, -0.25) is 14.6 Å². The summed E-state index contributed by atoms with van der Waals surface area (Å²) < 4.78 is 0. The van der Waals surface area contributed by atoms with Gasteiger partial charge in [0.1, 0.15) is 0 Å². The Morgan fingerprint density at radius 2 is 1.81 bits per heavy atom. The monoisotopic (exact) mass is 370 g/mol. The van der Waals surface area contributed by atoms with Gasteiger partial charge in [0, 0.05) is 37.6 Å². The fourth-order valence-electron chi connectivity index (χ4n) is 2.98. The van der Waals surface area contributed by atoms with Crippen LogP contribution in [0.2, 0.25) is 0 Å². The van der Waals surface area contributed by atoms with E-state index in [1.165, 1.54) is 11.1 Å². The predicted molar refractivity (Wildman–Crippen MR) is 108 cm³/mol. The summed E-state index contributed by atoms with van der Waals surface area (Å²) in [5.41, 5.74) is 6.16. The maximum atomic E-state index is 12.1. The van der Waals surface area contributed by atoms with E-state index in [2.05, 4.69) is 51.5 Å². The number of benzene rings is 1. The zero-order valence-corrected chi connectivity index (χ0v) is 16.3. The van der Waals surface area contributed by atoms with E-state index in [1.807, 2.05) is 24.4 Å². The second-order valence-electron chi connectivity index (χ2n) is 6.75. The molecule has 2 aromatic rings. The summed E-state index contributed by atoms with van der Waals surface area (Å²) in [6.45, 7) is 9.19. The van der Waals surface area contributed by atoms with Gasteiger partial charge < -0.3 is 0 Å². The van der Waals surface area contributed by atoms with Crippen LogP contribution in [0.25, 0.3) is 0 Å². The number of hydrogen-bond donors (Lipinski definition) is 1. The molecule has 5 nitrogen and oxygen atoms in total. The van der Waals surface area contributed by atoms with Crippen molar-refractivity contribution in [3.8, 4) is 0 Å². The molecule has 138 valence electrons. The minimum atomic E-state index is -0.0482. The third-order valence-corrected chi connectivity index (χ3v) is 5.56. The third kappa shape index (κ3) is 5.49. The lowest BCUT2D eigenvalue weighted by Gasteiger charge is -2.34. The predicted octanol–water partition coefficient (Wildman–Crippen LogP) is 2.71. The highest BCUT2D eigenvalue weighted by Crippen LogP contribution is 2.10. The summed E-state index contributed by atoms with van der Waals surface area (Å²) in [5, 5.41) is 6.21. The van der Waals surface area contributed by atoms with Crippen molar-refractivity contribution in [3.05, 3.63) is 57.8 Å². The smallest absolute Gasteiger partial charge is 0.254 e. The van der Waals surface area contributed by atoms with Crippen molar-refractivity contribution < 1.29 is 4.79 Å². The third-order valence-electron chi connectivity index (χ3n) is 4.58. The molecule has 1 fully saturated rings. The van der Waals surface area contributed by atoms with E-state index in [4.69, 9.17) is 0 Å². The number of amides is 1. The molecule has 0 radical (unpaired) electrons. The van der Waals surface area contributed by atoms with Gasteiger partial charge in [0.05, 0.1) is 12.3 Å². The minimum Gasteiger partial charge on any atom is -0.297 e. The Morgan fingerprint density at radius 3 is 2.46 bits per heavy atom. The Labute approximate surface area is 159 Å². The number of carbonyl (C=O) groups is 1. The van der Waals surface area contributed by atoms with Crippen molar-refractivity contribution in [2.24, 2.45) is 5.10 Å². The zero-order chi connectivity index (χ0) is 18.4. The number of hydrazone groups is 1. The average Bonchev–Trinajstić information content (AvgIpc) is 3.18. The quantitative estimate of drug-likeness (QED) is 0.628. The minimum absolute atomic E-state index is 0.0482.